The van der Waals surface area contributed by atoms with Crippen LogP contribution in [0.4, 0.5) is 0 Å². The molecule has 3 rings (SSSR count). The monoisotopic (exact) mass is 301 g/mol. The standard InChI is InChI=1S/C16H23N5O/c1-22-16-7-8-20(15(9-16)10-17)12-13-11-18-21(19-13)14-5-3-2-4-6-14/h2-6,11,15-16H,7-10,12,17H2,1H3. The van der Waals surface area contributed by atoms with Crippen LogP contribution in [-0.2, 0) is 11.3 Å². The molecule has 0 aliphatic carbocycles. The number of aromatic nitrogens is 3. The van der Waals surface area contributed by atoms with Crippen LogP contribution in [0.25, 0.3) is 5.69 Å². The molecule has 1 fully saturated rings. The van der Waals surface area contributed by atoms with Gasteiger partial charge in [-0.25, -0.2) is 0 Å². The second kappa shape index (κ2) is 7.00. The maximum absolute atomic E-state index is 5.92. The van der Waals surface area contributed by atoms with Gasteiger partial charge in [-0.3, -0.25) is 4.90 Å². The molecule has 22 heavy (non-hydrogen) atoms. The van der Waals surface area contributed by atoms with Gasteiger partial charge >= 0.3 is 0 Å². The number of hydrogen-bond acceptors (Lipinski definition) is 5. The van der Waals surface area contributed by atoms with Gasteiger partial charge in [0, 0.05) is 32.8 Å². The Labute approximate surface area is 130 Å². The van der Waals surface area contributed by atoms with Crippen molar-refractivity contribution >= 4 is 0 Å². The molecular formula is C16H23N5O. The number of hydrogen-bond donors (Lipinski definition) is 1. The lowest BCUT2D eigenvalue weighted by atomic mass is 9.99. The summed E-state index contributed by atoms with van der Waals surface area (Å²) in [5.74, 6) is 0. The number of methoxy groups -OCH3 is 1. The number of benzene rings is 1. The summed E-state index contributed by atoms with van der Waals surface area (Å²) in [6, 6.07) is 10.3. The molecule has 1 aromatic heterocycles. The summed E-state index contributed by atoms with van der Waals surface area (Å²) in [4.78, 5) is 4.06. The number of piperidine rings is 1. The molecule has 118 valence electrons. The van der Waals surface area contributed by atoms with Gasteiger partial charge in [0.25, 0.3) is 0 Å². The zero-order valence-electron chi connectivity index (χ0n) is 12.9. The molecule has 2 unspecified atom stereocenters. The third-order valence-electron chi connectivity index (χ3n) is 4.29. The molecule has 0 radical (unpaired) electrons. The summed E-state index contributed by atoms with van der Waals surface area (Å²) in [5, 5.41) is 8.93. The first-order chi connectivity index (χ1) is 10.8. The minimum atomic E-state index is 0.324. The molecule has 6 heteroatoms. The zero-order valence-corrected chi connectivity index (χ0v) is 12.9. The largest absolute Gasteiger partial charge is 0.381 e. The van der Waals surface area contributed by atoms with Crippen LogP contribution in [0.1, 0.15) is 18.5 Å². The molecule has 2 N–H and O–H groups in total. The molecule has 0 spiro atoms. The Hall–Kier alpha value is -1.76. The Morgan fingerprint density at radius 2 is 2.14 bits per heavy atom. The van der Waals surface area contributed by atoms with Gasteiger partial charge in [-0.15, -0.1) is 0 Å². The van der Waals surface area contributed by atoms with Crippen molar-refractivity contribution in [1.29, 1.82) is 0 Å². The van der Waals surface area contributed by atoms with Crippen LogP contribution in [0.3, 0.4) is 0 Å². The first kappa shape index (κ1) is 15.1. The second-order valence-electron chi connectivity index (χ2n) is 5.70. The molecule has 1 aliphatic heterocycles. The van der Waals surface area contributed by atoms with Crippen LogP contribution in [0.5, 0.6) is 0 Å². The van der Waals surface area contributed by atoms with E-state index in [1.54, 1.807) is 11.9 Å². The Morgan fingerprint density at radius 3 is 2.86 bits per heavy atom. The van der Waals surface area contributed by atoms with Crippen molar-refractivity contribution < 1.29 is 4.74 Å². The van der Waals surface area contributed by atoms with Gasteiger partial charge in [-0.2, -0.15) is 15.0 Å². The first-order valence-electron chi connectivity index (χ1n) is 7.73. The van der Waals surface area contributed by atoms with E-state index >= 15 is 0 Å². The molecule has 1 aromatic carbocycles. The van der Waals surface area contributed by atoms with Gasteiger partial charge in [0.1, 0.15) is 0 Å². The predicted molar refractivity (Wildman–Crippen MR) is 84.6 cm³/mol. The van der Waals surface area contributed by atoms with Crippen molar-refractivity contribution in [2.24, 2.45) is 5.73 Å². The molecule has 0 amide bonds. The van der Waals surface area contributed by atoms with E-state index < -0.39 is 0 Å². The predicted octanol–water partition coefficient (Wildman–Crippen LogP) is 1.21. The number of nitrogens with two attached hydrogens (primary N) is 1. The van der Waals surface area contributed by atoms with E-state index in [1.807, 2.05) is 36.5 Å². The van der Waals surface area contributed by atoms with Crippen molar-refractivity contribution in [3.05, 3.63) is 42.2 Å². The average molecular weight is 301 g/mol. The smallest absolute Gasteiger partial charge is 0.0971 e. The zero-order chi connectivity index (χ0) is 15.4. The highest BCUT2D eigenvalue weighted by Gasteiger charge is 2.28. The maximum Gasteiger partial charge on any atom is 0.0971 e. The molecular weight excluding hydrogens is 278 g/mol. The molecule has 6 nitrogen and oxygen atoms in total. The number of para-hydroxylation sites is 1. The van der Waals surface area contributed by atoms with Gasteiger partial charge in [0.15, 0.2) is 0 Å². The fourth-order valence-corrected chi connectivity index (χ4v) is 2.99. The van der Waals surface area contributed by atoms with Crippen LogP contribution in [0, 0.1) is 0 Å². The van der Waals surface area contributed by atoms with Crippen molar-refractivity contribution in [2.45, 2.75) is 31.5 Å². The van der Waals surface area contributed by atoms with E-state index in [-0.39, 0.29) is 0 Å². The number of likely N-dealkylation sites (tertiary alicyclic amines) is 1. The van der Waals surface area contributed by atoms with Gasteiger partial charge < -0.3 is 10.5 Å². The second-order valence-corrected chi connectivity index (χ2v) is 5.70. The molecule has 1 saturated heterocycles. The lowest BCUT2D eigenvalue weighted by Crippen LogP contribution is -2.48. The highest BCUT2D eigenvalue weighted by Crippen LogP contribution is 2.20. The molecule has 2 heterocycles. The Morgan fingerprint density at radius 1 is 1.32 bits per heavy atom. The third kappa shape index (κ3) is 3.35. The van der Waals surface area contributed by atoms with E-state index in [2.05, 4.69) is 15.1 Å². The fourth-order valence-electron chi connectivity index (χ4n) is 2.99. The SMILES string of the molecule is COC1CCN(Cc2cnn(-c3ccccc3)n2)C(CN)C1. The summed E-state index contributed by atoms with van der Waals surface area (Å²) in [6.07, 6.45) is 4.19. The summed E-state index contributed by atoms with van der Waals surface area (Å²) in [5.41, 5.74) is 7.87. The van der Waals surface area contributed by atoms with E-state index in [9.17, 15) is 0 Å². The molecule has 0 saturated carbocycles. The van der Waals surface area contributed by atoms with Crippen LogP contribution < -0.4 is 5.73 Å². The van der Waals surface area contributed by atoms with Gasteiger partial charge in [0.05, 0.1) is 23.7 Å². The van der Waals surface area contributed by atoms with Crippen molar-refractivity contribution in [1.82, 2.24) is 19.9 Å². The molecule has 0 bridgehead atoms. The minimum absolute atomic E-state index is 0.324. The third-order valence-corrected chi connectivity index (χ3v) is 4.29. The normalized spacial score (nSPS) is 22.8. The van der Waals surface area contributed by atoms with Crippen molar-refractivity contribution in [3.63, 3.8) is 0 Å². The summed E-state index contributed by atoms with van der Waals surface area (Å²) >= 11 is 0. The first-order valence-corrected chi connectivity index (χ1v) is 7.73. The topological polar surface area (TPSA) is 69.2 Å². The molecule has 2 aromatic rings. The van der Waals surface area contributed by atoms with E-state index in [1.165, 1.54) is 0 Å². The van der Waals surface area contributed by atoms with Crippen LogP contribution >= 0.6 is 0 Å². The highest BCUT2D eigenvalue weighted by molar-refractivity contribution is 5.28. The Kier molecular flexibility index (Phi) is 4.82. The summed E-state index contributed by atoms with van der Waals surface area (Å²) < 4.78 is 5.47. The lowest BCUT2D eigenvalue weighted by Gasteiger charge is -2.37. The Bertz CT molecular complexity index is 585. The minimum Gasteiger partial charge on any atom is -0.381 e. The van der Waals surface area contributed by atoms with E-state index in [0.717, 1.165) is 37.3 Å². The highest BCUT2D eigenvalue weighted by atomic mass is 16.5. The van der Waals surface area contributed by atoms with Crippen molar-refractivity contribution in [3.8, 4) is 5.69 Å². The lowest BCUT2D eigenvalue weighted by molar-refractivity contribution is 0.00975. The Balaban J connectivity index is 1.67. The number of nitrogens with zero attached hydrogens (tertiary/aromatic N) is 4. The molecule has 1 aliphatic rings. The van der Waals surface area contributed by atoms with E-state index in [0.29, 0.717) is 18.7 Å². The van der Waals surface area contributed by atoms with Crippen LogP contribution in [0.2, 0.25) is 0 Å². The van der Waals surface area contributed by atoms with E-state index in [4.69, 9.17) is 10.5 Å². The van der Waals surface area contributed by atoms with Crippen LogP contribution in [0.15, 0.2) is 36.5 Å². The van der Waals surface area contributed by atoms with Crippen molar-refractivity contribution in [2.75, 3.05) is 20.2 Å². The summed E-state index contributed by atoms with van der Waals surface area (Å²) in [7, 11) is 1.78. The molecule has 2 atom stereocenters. The van der Waals surface area contributed by atoms with Gasteiger partial charge in [-0.1, -0.05) is 18.2 Å². The average Bonchev–Trinajstić information content (AvgIpc) is 3.04. The van der Waals surface area contributed by atoms with Crippen LogP contribution in [-0.4, -0.2) is 52.2 Å². The number of rotatable bonds is 5. The maximum atomic E-state index is 5.92. The fraction of sp³-hybridized carbons (Fsp3) is 0.500. The van der Waals surface area contributed by atoms with Gasteiger partial charge in [-0.05, 0) is 25.0 Å². The quantitative estimate of drug-likeness (QED) is 0.899. The summed E-state index contributed by atoms with van der Waals surface area (Å²) in [6.45, 7) is 2.41. The number of ether oxygens (including phenoxy) is 1. The van der Waals surface area contributed by atoms with Gasteiger partial charge in [0.2, 0.25) is 0 Å².